The third kappa shape index (κ3) is 2.40. The number of hydrogen-bond donors (Lipinski definition) is 1. The molecule has 0 saturated heterocycles. The molecule has 2 aliphatic rings. The molecule has 1 aromatic rings. The lowest BCUT2D eigenvalue weighted by Gasteiger charge is -2.15. The molecule has 3 rings (SSSR count). The zero-order valence-electron chi connectivity index (χ0n) is 12.4. The number of sulfone groups is 1. The van der Waals surface area contributed by atoms with E-state index in [1.54, 1.807) is 6.92 Å². The van der Waals surface area contributed by atoms with Crippen molar-refractivity contribution >= 4 is 38.8 Å². The van der Waals surface area contributed by atoms with Gasteiger partial charge in [-0.2, -0.15) is 0 Å². The van der Waals surface area contributed by atoms with Gasteiger partial charge in [0.15, 0.2) is 21.4 Å². The highest BCUT2D eigenvalue weighted by Gasteiger charge is 2.37. The molecule has 0 amide bonds. The molecule has 122 valence electrons. The Morgan fingerprint density at radius 2 is 1.83 bits per heavy atom. The Hall–Kier alpha value is -1.66. The molecule has 23 heavy (non-hydrogen) atoms. The lowest BCUT2D eigenvalue weighted by atomic mass is 9.89. The summed E-state index contributed by atoms with van der Waals surface area (Å²) in [6.07, 6.45) is 1.13. The van der Waals surface area contributed by atoms with Crippen LogP contribution in [0.4, 0.5) is 0 Å². The maximum Gasteiger partial charge on any atom is 0.181 e. The molecule has 5 nitrogen and oxygen atoms in total. The Labute approximate surface area is 138 Å². The SMILES string of the molecule is CC1Cc2c(ccc(C(O)=C3C(=O)CCCC3=O)c2Cl)S1(=O)=O. The fourth-order valence-electron chi connectivity index (χ4n) is 3.07. The van der Waals surface area contributed by atoms with E-state index < -0.39 is 32.4 Å². The third-order valence-electron chi connectivity index (χ3n) is 4.39. The number of hydrogen-bond acceptors (Lipinski definition) is 5. The molecular weight excluding hydrogens is 340 g/mol. The van der Waals surface area contributed by atoms with Crippen molar-refractivity contribution in [1.82, 2.24) is 0 Å². The molecule has 1 saturated carbocycles. The summed E-state index contributed by atoms with van der Waals surface area (Å²) in [7, 11) is -3.41. The first kappa shape index (κ1) is 16.2. The van der Waals surface area contributed by atoms with Gasteiger partial charge in [0.05, 0.1) is 15.2 Å². The second kappa shape index (κ2) is 5.46. The number of aliphatic hydroxyl groups is 1. The highest BCUT2D eigenvalue weighted by molar-refractivity contribution is 7.92. The number of allylic oxidation sites excluding steroid dienone is 1. The van der Waals surface area contributed by atoms with Crippen LogP contribution in [-0.4, -0.2) is 30.3 Å². The molecule has 1 aliphatic heterocycles. The van der Waals surface area contributed by atoms with Crippen molar-refractivity contribution in [1.29, 1.82) is 0 Å². The highest BCUT2D eigenvalue weighted by Crippen LogP contribution is 2.40. The molecule has 0 bridgehead atoms. The van der Waals surface area contributed by atoms with Crippen LogP contribution in [-0.2, 0) is 25.8 Å². The first-order valence-corrected chi connectivity index (χ1v) is 9.23. The number of benzene rings is 1. The van der Waals surface area contributed by atoms with Gasteiger partial charge < -0.3 is 5.11 Å². The van der Waals surface area contributed by atoms with Crippen LogP contribution in [0, 0.1) is 0 Å². The Morgan fingerprint density at radius 3 is 2.43 bits per heavy atom. The monoisotopic (exact) mass is 354 g/mol. The minimum absolute atomic E-state index is 0.0894. The average Bonchev–Trinajstić information content (AvgIpc) is 2.71. The second-order valence-electron chi connectivity index (χ2n) is 5.89. The smallest absolute Gasteiger partial charge is 0.181 e. The van der Waals surface area contributed by atoms with Gasteiger partial charge in [-0.25, -0.2) is 8.42 Å². The van der Waals surface area contributed by atoms with Crippen LogP contribution in [0.15, 0.2) is 22.6 Å². The summed E-state index contributed by atoms with van der Waals surface area (Å²) in [5.74, 6) is -1.27. The zero-order chi connectivity index (χ0) is 16.9. The maximum atomic E-state index is 12.2. The summed E-state index contributed by atoms with van der Waals surface area (Å²) in [4.78, 5) is 24.0. The van der Waals surface area contributed by atoms with Crippen LogP contribution in [0.1, 0.15) is 37.3 Å². The number of carbonyl (C=O) groups excluding carboxylic acids is 2. The number of aliphatic hydroxyl groups excluding tert-OH is 1. The van der Waals surface area contributed by atoms with Crippen molar-refractivity contribution in [2.24, 2.45) is 0 Å². The van der Waals surface area contributed by atoms with E-state index in [0.29, 0.717) is 12.0 Å². The largest absolute Gasteiger partial charge is 0.506 e. The fraction of sp³-hybridized carbons (Fsp3) is 0.375. The lowest BCUT2D eigenvalue weighted by Crippen LogP contribution is -2.20. The molecule has 1 aromatic carbocycles. The van der Waals surface area contributed by atoms with E-state index in [-0.39, 0.29) is 40.3 Å². The van der Waals surface area contributed by atoms with Gasteiger partial charge in [-0.1, -0.05) is 11.6 Å². The van der Waals surface area contributed by atoms with Crippen LogP contribution >= 0.6 is 11.6 Å². The number of Topliss-reactive ketones (excluding diaryl/α,β-unsaturated/α-hetero) is 2. The van der Waals surface area contributed by atoms with Gasteiger partial charge in [-0.3, -0.25) is 9.59 Å². The fourth-order valence-corrected chi connectivity index (χ4v) is 5.06. The first-order chi connectivity index (χ1) is 10.7. The van der Waals surface area contributed by atoms with Crippen LogP contribution in [0.3, 0.4) is 0 Å². The van der Waals surface area contributed by atoms with Crippen LogP contribution in [0.25, 0.3) is 5.76 Å². The summed E-state index contributed by atoms with van der Waals surface area (Å²) < 4.78 is 24.4. The number of ketones is 2. The molecular formula is C16H15ClO5S. The topological polar surface area (TPSA) is 88.5 Å². The van der Waals surface area contributed by atoms with Gasteiger partial charge in [-0.15, -0.1) is 0 Å². The summed E-state index contributed by atoms with van der Waals surface area (Å²) in [6.45, 7) is 1.60. The van der Waals surface area contributed by atoms with Crippen LogP contribution in [0.2, 0.25) is 5.02 Å². The summed E-state index contributed by atoms with van der Waals surface area (Å²) >= 11 is 6.28. The van der Waals surface area contributed by atoms with Gasteiger partial charge >= 0.3 is 0 Å². The number of halogens is 1. The van der Waals surface area contributed by atoms with Crippen molar-refractivity contribution in [2.45, 2.75) is 42.8 Å². The second-order valence-corrected chi connectivity index (χ2v) is 8.60. The van der Waals surface area contributed by atoms with Crippen molar-refractivity contribution in [3.05, 3.63) is 33.9 Å². The molecule has 1 unspecified atom stereocenters. The van der Waals surface area contributed by atoms with Gasteiger partial charge in [0.1, 0.15) is 11.3 Å². The number of rotatable bonds is 1. The van der Waals surface area contributed by atoms with Crippen molar-refractivity contribution in [2.75, 3.05) is 0 Å². The van der Waals surface area contributed by atoms with Gasteiger partial charge in [0.2, 0.25) is 0 Å². The van der Waals surface area contributed by atoms with Crippen LogP contribution in [0.5, 0.6) is 0 Å². The molecule has 0 radical (unpaired) electrons. The Morgan fingerprint density at radius 1 is 1.22 bits per heavy atom. The summed E-state index contributed by atoms with van der Waals surface area (Å²) in [6, 6.07) is 2.73. The zero-order valence-corrected chi connectivity index (χ0v) is 14.0. The maximum absolute atomic E-state index is 12.2. The predicted octanol–water partition coefficient (Wildman–Crippen LogP) is 2.65. The van der Waals surface area contributed by atoms with Gasteiger partial charge in [0.25, 0.3) is 0 Å². The molecule has 1 N–H and O–H groups in total. The third-order valence-corrected chi connectivity index (χ3v) is 7.04. The molecule has 0 aromatic heterocycles. The summed E-state index contributed by atoms with van der Waals surface area (Å²) in [5, 5.41) is 9.90. The van der Waals surface area contributed by atoms with Crippen molar-refractivity contribution in [3.8, 4) is 0 Å². The number of fused-ring (bicyclic) bond motifs is 1. The molecule has 7 heteroatoms. The standard InChI is InChI=1S/C16H15ClO5S/c1-8-7-10-13(23(8,21)22)6-5-9(15(10)17)16(20)14-11(18)3-2-4-12(14)19/h5-6,8,20H,2-4,7H2,1H3. The summed E-state index contributed by atoms with van der Waals surface area (Å²) in [5.41, 5.74) is 0.333. The Bertz CT molecular complexity index is 849. The molecule has 1 fully saturated rings. The van der Waals surface area contributed by atoms with E-state index in [2.05, 4.69) is 0 Å². The van der Waals surface area contributed by atoms with E-state index in [0.717, 1.165) is 0 Å². The van der Waals surface area contributed by atoms with E-state index in [4.69, 9.17) is 11.6 Å². The minimum atomic E-state index is -3.41. The van der Waals surface area contributed by atoms with Gasteiger partial charge in [0, 0.05) is 18.4 Å². The van der Waals surface area contributed by atoms with E-state index in [9.17, 15) is 23.1 Å². The van der Waals surface area contributed by atoms with E-state index in [1.807, 2.05) is 0 Å². The van der Waals surface area contributed by atoms with Crippen molar-refractivity contribution in [3.63, 3.8) is 0 Å². The first-order valence-electron chi connectivity index (χ1n) is 7.30. The molecule has 1 heterocycles. The molecule has 1 aliphatic carbocycles. The molecule has 0 spiro atoms. The minimum Gasteiger partial charge on any atom is -0.506 e. The normalized spacial score (nSPS) is 23.0. The van der Waals surface area contributed by atoms with E-state index >= 15 is 0 Å². The number of carbonyl (C=O) groups is 2. The molecule has 1 atom stereocenters. The highest BCUT2D eigenvalue weighted by atomic mass is 35.5. The lowest BCUT2D eigenvalue weighted by molar-refractivity contribution is -0.123. The quantitative estimate of drug-likeness (QED) is 0.476. The van der Waals surface area contributed by atoms with E-state index in [1.165, 1.54) is 12.1 Å². The van der Waals surface area contributed by atoms with Gasteiger partial charge in [-0.05, 0) is 37.5 Å². The Balaban J connectivity index is 2.19. The average molecular weight is 355 g/mol. The van der Waals surface area contributed by atoms with Crippen LogP contribution < -0.4 is 0 Å². The predicted molar refractivity (Wildman–Crippen MR) is 85.2 cm³/mol. The van der Waals surface area contributed by atoms with Crippen molar-refractivity contribution < 1.29 is 23.1 Å². The Kier molecular flexibility index (Phi) is 3.84.